The molecule has 8 heteroatoms. The van der Waals surface area contributed by atoms with Crippen molar-refractivity contribution in [2.24, 2.45) is 11.7 Å². The number of nitrogens with two attached hydrogens (primary N) is 1. The van der Waals surface area contributed by atoms with Gasteiger partial charge in [0.2, 0.25) is 10.0 Å². The highest BCUT2D eigenvalue weighted by molar-refractivity contribution is 8.06. The van der Waals surface area contributed by atoms with Crippen molar-refractivity contribution in [3.05, 3.63) is 0 Å². The molecule has 0 aromatic carbocycles. The van der Waals surface area contributed by atoms with Gasteiger partial charge < -0.3 is 5.73 Å². The van der Waals surface area contributed by atoms with Gasteiger partial charge in [0.25, 0.3) is 0 Å². The first kappa shape index (κ1) is 14.9. The maximum atomic E-state index is 12.0. The summed E-state index contributed by atoms with van der Waals surface area (Å²) in [6.45, 7) is 2.56. The molecule has 6 nitrogen and oxygen atoms in total. The Morgan fingerprint density at radius 3 is 2.29 bits per heavy atom. The average Bonchev–Trinajstić information content (AvgIpc) is 2.14. The fourth-order valence-electron chi connectivity index (χ4n) is 2.06. The predicted molar refractivity (Wildman–Crippen MR) is 66.6 cm³/mol. The Hall–Kier alpha value is -0.180. The number of hydrogen-bond acceptors (Lipinski definition) is 5. The molecule has 1 aliphatic heterocycles. The molecule has 1 rings (SSSR count). The van der Waals surface area contributed by atoms with Crippen LogP contribution in [0, 0.1) is 5.92 Å². The smallest absolute Gasteiger partial charge is 0.228 e. The highest BCUT2D eigenvalue weighted by Crippen LogP contribution is 2.24. The molecule has 0 amide bonds. The number of rotatable bonds is 4. The van der Waals surface area contributed by atoms with Crippen LogP contribution in [0.25, 0.3) is 0 Å². The van der Waals surface area contributed by atoms with Gasteiger partial charge in [-0.2, -0.15) is 4.31 Å². The molecule has 1 heterocycles. The first-order valence-electron chi connectivity index (χ1n) is 5.53. The number of sulfonamides is 1. The van der Waals surface area contributed by atoms with E-state index in [4.69, 9.17) is 5.73 Å². The number of piperidine rings is 1. The lowest BCUT2D eigenvalue weighted by molar-refractivity contribution is 0.212. The second-order valence-electron chi connectivity index (χ2n) is 4.75. The van der Waals surface area contributed by atoms with Crippen molar-refractivity contribution in [2.45, 2.75) is 25.8 Å². The van der Waals surface area contributed by atoms with Gasteiger partial charge in [-0.15, -0.1) is 0 Å². The van der Waals surface area contributed by atoms with E-state index in [0.717, 1.165) is 19.1 Å². The van der Waals surface area contributed by atoms with Gasteiger partial charge in [0.1, 0.15) is 0 Å². The summed E-state index contributed by atoms with van der Waals surface area (Å²) in [6, 6.07) is -0.149. The van der Waals surface area contributed by atoms with Crippen molar-refractivity contribution in [1.29, 1.82) is 0 Å². The second kappa shape index (κ2) is 5.21. The molecule has 2 unspecified atom stereocenters. The summed E-state index contributed by atoms with van der Waals surface area (Å²) in [4.78, 5) is 0. The Labute approximate surface area is 103 Å². The monoisotopic (exact) mass is 284 g/mol. The molecule has 0 aromatic rings. The third kappa shape index (κ3) is 4.20. The Bertz CT molecular complexity index is 457. The maximum Gasteiger partial charge on any atom is 0.228 e. The van der Waals surface area contributed by atoms with E-state index in [1.165, 1.54) is 4.31 Å². The van der Waals surface area contributed by atoms with Crippen LogP contribution in [0.5, 0.6) is 0 Å². The summed E-state index contributed by atoms with van der Waals surface area (Å²) in [5.41, 5.74) is 5.54. The fraction of sp³-hybridized carbons (Fsp3) is 1.00. The van der Waals surface area contributed by atoms with Crippen LogP contribution in [0.1, 0.15) is 19.8 Å². The molecule has 0 bridgehead atoms. The lowest BCUT2D eigenvalue weighted by Crippen LogP contribution is -2.48. The fourth-order valence-corrected chi connectivity index (χ4v) is 5.86. The number of hydrogen-bond donors (Lipinski definition) is 1. The van der Waals surface area contributed by atoms with Gasteiger partial charge in [-0.05, 0) is 32.2 Å². The minimum Gasteiger partial charge on any atom is -0.330 e. The van der Waals surface area contributed by atoms with Gasteiger partial charge in [-0.1, -0.05) is 0 Å². The zero-order chi connectivity index (χ0) is 13.3. The molecule has 17 heavy (non-hydrogen) atoms. The van der Waals surface area contributed by atoms with E-state index in [9.17, 15) is 16.8 Å². The normalized spacial score (nSPS) is 28.2. The summed E-state index contributed by atoms with van der Waals surface area (Å²) in [5, 5.41) is -0.818. The van der Waals surface area contributed by atoms with Crippen molar-refractivity contribution >= 4 is 19.9 Å². The van der Waals surface area contributed by atoms with Crippen molar-refractivity contribution in [3.8, 4) is 0 Å². The molecular formula is C9H20N2O4S2. The number of nitrogens with zero attached hydrogens (tertiary/aromatic N) is 1. The third-order valence-electron chi connectivity index (χ3n) is 2.98. The summed E-state index contributed by atoms with van der Waals surface area (Å²) in [5.74, 6) is 0.125. The van der Waals surface area contributed by atoms with Crippen LogP contribution < -0.4 is 5.73 Å². The van der Waals surface area contributed by atoms with Crippen LogP contribution in [-0.2, 0) is 19.9 Å². The van der Waals surface area contributed by atoms with Crippen LogP contribution in [0.15, 0.2) is 0 Å². The first-order chi connectivity index (χ1) is 7.65. The first-order valence-corrected chi connectivity index (χ1v) is 9.20. The van der Waals surface area contributed by atoms with Gasteiger partial charge in [0.15, 0.2) is 14.9 Å². The van der Waals surface area contributed by atoms with Gasteiger partial charge in [0, 0.05) is 18.8 Å². The SMILES string of the molecule is CC1CCC(CN)CN1S(=O)(=O)CS(C)(=O)=O. The Morgan fingerprint density at radius 1 is 1.24 bits per heavy atom. The van der Waals surface area contributed by atoms with E-state index in [0.29, 0.717) is 13.1 Å². The lowest BCUT2D eigenvalue weighted by Gasteiger charge is -2.36. The van der Waals surface area contributed by atoms with E-state index in [1.807, 2.05) is 0 Å². The van der Waals surface area contributed by atoms with Gasteiger partial charge in [-0.3, -0.25) is 0 Å². The third-order valence-corrected chi connectivity index (χ3v) is 7.10. The van der Waals surface area contributed by atoms with Gasteiger partial charge >= 0.3 is 0 Å². The van der Waals surface area contributed by atoms with E-state index >= 15 is 0 Å². The quantitative estimate of drug-likeness (QED) is 0.742. The van der Waals surface area contributed by atoms with Crippen molar-refractivity contribution < 1.29 is 16.8 Å². The minimum absolute atomic E-state index is 0.125. The number of sulfone groups is 1. The molecule has 1 aliphatic rings. The summed E-state index contributed by atoms with van der Waals surface area (Å²) in [7, 11) is -7.28. The highest BCUT2D eigenvalue weighted by Gasteiger charge is 2.35. The van der Waals surface area contributed by atoms with E-state index < -0.39 is 24.9 Å². The van der Waals surface area contributed by atoms with Crippen molar-refractivity contribution in [1.82, 2.24) is 4.31 Å². The van der Waals surface area contributed by atoms with Crippen molar-refractivity contribution in [3.63, 3.8) is 0 Å². The zero-order valence-corrected chi connectivity index (χ0v) is 11.8. The van der Waals surface area contributed by atoms with Crippen LogP contribution in [0.3, 0.4) is 0 Å². The molecular weight excluding hydrogens is 264 g/mol. The van der Waals surface area contributed by atoms with Crippen molar-refractivity contribution in [2.75, 3.05) is 24.4 Å². The summed E-state index contributed by atoms with van der Waals surface area (Å²) < 4.78 is 47.5. The Morgan fingerprint density at radius 2 is 1.82 bits per heavy atom. The molecule has 2 N–H and O–H groups in total. The molecule has 1 saturated heterocycles. The predicted octanol–water partition coefficient (Wildman–Crippen LogP) is -0.622. The second-order valence-corrected chi connectivity index (χ2v) is 9.18. The minimum atomic E-state index is -3.74. The van der Waals surface area contributed by atoms with Crippen LogP contribution in [0.4, 0.5) is 0 Å². The Balaban J connectivity index is 2.89. The molecule has 0 radical (unpaired) electrons. The van der Waals surface area contributed by atoms with Crippen LogP contribution >= 0.6 is 0 Å². The molecule has 2 atom stereocenters. The van der Waals surface area contributed by atoms with Crippen LogP contribution in [-0.4, -0.2) is 51.6 Å². The van der Waals surface area contributed by atoms with Crippen LogP contribution in [0.2, 0.25) is 0 Å². The maximum absolute atomic E-state index is 12.0. The average molecular weight is 284 g/mol. The van der Waals surface area contributed by atoms with E-state index in [2.05, 4.69) is 0 Å². The van der Waals surface area contributed by atoms with Gasteiger partial charge in [0.05, 0.1) is 0 Å². The van der Waals surface area contributed by atoms with E-state index in [1.54, 1.807) is 6.92 Å². The molecule has 102 valence electrons. The topological polar surface area (TPSA) is 97.5 Å². The summed E-state index contributed by atoms with van der Waals surface area (Å²) >= 11 is 0. The highest BCUT2D eigenvalue weighted by atomic mass is 32.3. The Kier molecular flexibility index (Phi) is 4.56. The van der Waals surface area contributed by atoms with E-state index in [-0.39, 0.29) is 12.0 Å². The molecule has 0 aliphatic carbocycles. The summed E-state index contributed by atoms with van der Waals surface area (Å²) in [6.07, 6.45) is 2.55. The zero-order valence-electron chi connectivity index (χ0n) is 10.2. The molecule has 0 saturated carbocycles. The van der Waals surface area contributed by atoms with Gasteiger partial charge in [-0.25, -0.2) is 16.8 Å². The standard InChI is InChI=1S/C9H20N2O4S2/c1-8-3-4-9(5-10)6-11(8)17(14,15)7-16(2,12)13/h8-9H,3-7,10H2,1-2H3. The molecule has 1 fully saturated rings. The molecule has 0 aromatic heterocycles. The molecule has 0 spiro atoms. The largest absolute Gasteiger partial charge is 0.330 e. The lowest BCUT2D eigenvalue weighted by atomic mass is 9.96.